The van der Waals surface area contributed by atoms with Crippen LogP contribution in [-0.2, 0) is 11.2 Å². The molecular formula is C17H17NO5. The average molecular weight is 315 g/mol. The predicted octanol–water partition coefficient (Wildman–Crippen LogP) is 2.37. The third kappa shape index (κ3) is 2.84. The Balaban J connectivity index is 1.97. The zero-order chi connectivity index (χ0) is 16.6. The van der Waals surface area contributed by atoms with Crippen LogP contribution >= 0.6 is 0 Å². The number of esters is 1. The van der Waals surface area contributed by atoms with Crippen molar-refractivity contribution in [2.45, 2.75) is 32.6 Å². The highest BCUT2D eigenvalue weighted by Gasteiger charge is 2.30. The van der Waals surface area contributed by atoms with Gasteiger partial charge in [-0.05, 0) is 38.5 Å². The largest absolute Gasteiger partial charge is 0.466 e. The first kappa shape index (κ1) is 15.3. The molecule has 1 aliphatic carbocycles. The molecular weight excluding hydrogens is 298 g/mol. The summed E-state index contributed by atoms with van der Waals surface area (Å²) in [4.78, 5) is 38.9. The van der Waals surface area contributed by atoms with Gasteiger partial charge in [-0.25, -0.2) is 4.79 Å². The predicted molar refractivity (Wildman–Crippen MR) is 81.9 cm³/mol. The summed E-state index contributed by atoms with van der Waals surface area (Å²) in [6.07, 6.45) is 0.778. The van der Waals surface area contributed by atoms with Crippen molar-refractivity contribution in [3.05, 3.63) is 56.9 Å². The summed E-state index contributed by atoms with van der Waals surface area (Å²) in [6.45, 7) is 3.67. The van der Waals surface area contributed by atoms with Crippen LogP contribution in [0.1, 0.15) is 57.2 Å². The number of rotatable bonds is 3. The third-order valence-corrected chi connectivity index (χ3v) is 3.96. The monoisotopic (exact) mass is 315 g/mol. The lowest BCUT2D eigenvalue weighted by atomic mass is 9.84. The van der Waals surface area contributed by atoms with Crippen molar-refractivity contribution >= 4 is 11.8 Å². The van der Waals surface area contributed by atoms with Gasteiger partial charge in [-0.15, -0.1) is 0 Å². The number of hydrogen-bond acceptors (Lipinski definition) is 5. The summed E-state index contributed by atoms with van der Waals surface area (Å²) in [5.74, 6) is 0.578. The first-order valence-corrected chi connectivity index (χ1v) is 7.52. The molecule has 3 rings (SSSR count). The number of carbonyl (C=O) groups excluding carboxylic acids is 2. The molecule has 0 saturated heterocycles. The van der Waals surface area contributed by atoms with Gasteiger partial charge in [-0.2, -0.15) is 0 Å². The van der Waals surface area contributed by atoms with Gasteiger partial charge in [0.15, 0.2) is 5.78 Å². The highest BCUT2D eigenvalue weighted by Crippen LogP contribution is 2.32. The Hall–Kier alpha value is -2.63. The molecule has 1 unspecified atom stereocenters. The van der Waals surface area contributed by atoms with E-state index in [2.05, 4.69) is 4.98 Å². The highest BCUT2D eigenvalue weighted by atomic mass is 16.5. The second kappa shape index (κ2) is 5.87. The lowest BCUT2D eigenvalue weighted by Crippen LogP contribution is -2.27. The Morgan fingerprint density at radius 2 is 2.13 bits per heavy atom. The number of ketones is 1. The molecule has 23 heavy (non-hydrogen) atoms. The van der Waals surface area contributed by atoms with Gasteiger partial charge in [0.1, 0.15) is 17.1 Å². The fourth-order valence-corrected chi connectivity index (χ4v) is 2.87. The van der Waals surface area contributed by atoms with E-state index in [1.165, 1.54) is 6.07 Å². The zero-order valence-electron chi connectivity index (χ0n) is 13.0. The van der Waals surface area contributed by atoms with E-state index in [9.17, 15) is 14.4 Å². The molecule has 0 amide bonds. The van der Waals surface area contributed by atoms with Gasteiger partial charge in [-0.1, -0.05) is 0 Å². The van der Waals surface area contributed by atoms with E-state index in [1.54, 1.807) is 6.92 Å². The molecule has 1 aliphatic rings. The van der Waals surface area contributed by atoms with Crippen LogP contribution in [0.4, 0.5) is 0 Å². The Bertz CT molecular complexity index is 830. The van der Waals surface area contributed by atoms with Crippen molar-refractivity contribution < 1.29 is 18.7 Å². The van der Waals surface area contributed by atoms with E-state index in [4.69, 9.17) is 9.15 Å². The summed E-state index contributed by atoms with van der Waals surface area (Å²) in [5.41, 5.74) is 0.253. The number of aromatic amines is 1. The van der Waals surface area contributed by atoms with Gasteiger partial charge in [0.2, 0.25) is 0 Å². The van der Waals surface area contributed by atoms with Crippen LogP contribution in [0.3, 0.4) is 0 Å². The number of pyridine rings is 1. The van der Waals surface area contributed by atoms with E-state index >= 15 is 0 Å². The summed E-state index contributed by atoms with van der Waals surface area (Å²) in [7, 11) is 0. The second-order valence-electron chi connectivity index (χ2n) is 5.60. The lowest BCUT2D eigenvalue weighted by Gasteiger charge is -2.22. The molecule has 2 heterocycles. The fourth-order valence-electron chi connectivity index (χ4n) is 2.87. The SMILES string of the molecule is CCOC(=O)c1cc2c([nH]c1=O)CC(c1ccc(C)o1)CC2=O. The maximum atomic E-state index is 12.4. The molecule has 1 N–H and O–H groups in total. The minimum Gasteiger partial charge on any atom is -0.466 e. The molecule has 0 fully saturated rings. The number of nitrogens with one attached hydrogen (secondary N) is 1. The zero-order valence-corrected chi connectivity index (χ0v) is 13.0. The standard InChI is InChI=1S/C17H17NO5/c1-3-22-17(21)12-8-11-13(18-16(12)20)6-10(7-14(11)19)15-5-4-9(2)23-15/h4-5,8,10H,3,6-7H2,1-2H3,(H,18,20). The average Bonchev–Trinajstić information content (AvgIpc) is 2.93. The molecule has 1 atom stereocenters. The van der Waals surface area contributed by atoms with Crippen LogP contribution in [0.2, 0.25) is 0 Å². The summed E-state index contributed by atoms with van der Waals surface area (Å²) >= 11 is 0. The number of carbonyl (C=O) groups is 2. The van der Waals surface area contributed by atoms with Gasteiger partial charge >= 0.3 is 5.97 Å². The molecule has 0 saturated carbocycles. The molecule has 6 nitrogen and oxygen atoms in total. The molecule has 0 bridgehead atoms. The minimum atomic E-state index is -0.715. The van der Waals surface area contributed by atoms with Crippen molar-refractivity contribution in [3.63, 3.8) is 0 Å². The maximum absolute atomic E-state index is 12.4. The first-order valence-electron chi connectivity index (χ1n) is 7.52. The van der Waals surface area contributed by atoms with Crippen LogP contribution in [-0.4, -0.2) is 23.3 Å². The molecule has 0 radical (unpaired) electrons. The molecule has 0 aliphatic heterocycles. The van der Waals surface area contributed by atoms with Crippen LogP contribution in [0.5, 0.6) is 0 Å². The Labute approximate surface area is 132 Å². The number of Topliss-reactive ketones (excluding diaryl/α,β-unsaturated/α-hetero) is 1. The Morgan fingerprint density at radius 3 is 2.78 bits per heavy atom. The first-order chi connectivity index (χ1) is 11.0. The summed E-state index contributed by atoms with van der Waals surface area (Å²) in [5, 5.41) is 0. The normalized spacial score (nSPS) is 17.0. The van der Waals surface area contributed by atoms with Crippen LogP contribution < -0.4 is 5.56 Å². The molecule has 2 aromatic rings. The molecule has 0 spiro atoms. The van der Waals surface area contributed by atoms with E-state index in [-0.39, 0.29) is 30.3 Å². The number of furan rings is 1. The molecule has 6 heteroatoms. The minimum absolute atomic E-state index is 0.104. The van der Waals surface area contributed by atoms with E-state index in [0.29, 0.717) is 17.7 Å². The van der Waals surface area contributed by atoms with Gasteiger partial charge in [0.25, 0.3) is 5.56 Å². The van der Waals surface area contributed by atoms with Gasteiger partial charge in [0, 0.05) is 23.6 Å². The van der Waals surface area contributed by atoms with Crippen molar-refractivity contribution in [2.24, 2.45) is 0 Å². The third-order valence-electron chi connectivity index (χ3n) is 3.96. The van der Waals surface area contributed by atoms with Crippen LogP contribution in [0.15, 0.2) is 27.4 Å². The number of ether oxygens (including phenoxy) is 1. The summed E-state index contributed by atoms with van der Waals surface area (Å²) < 4.78 is 10.4. The van der Waals surface area contributed by atoms with Crippen LogP contribution in [0, 0.1) is 6.92 Å². The number of aromatic nitrogens is 1. The number of aryl methyl sites for hydroxylation is 1. The van der Waals surface area contributed by atoms with Crippen molar-refractivity contribution in [1.82, 2.24) is 4.98 Å². The number of fused-ring (bicyclic) bond motifs is 1. The smallest absolute Gasteiger partial charge is 0.343 e. The quantitative estimate of drug-likeness (QED) is 0.878. The van der Waals surface area contributed by atoms with Crippen molar-refractivity contribution in [1.29, 1.82) is 0 Å². The lowest BCUT2D eigenvalue weighted by molar-refractivity contribution is 0.0524. The molecule has 120 valence electrons. The van der Waals surface area contributed by atoms with Crippen molar-refractivity contribution in [3.8, 4) is 0 Å². The van der Waals surface area contributed by atoms with Gasteiger partial charge < -0.3 is 14.1 Å². The van der Waals surface area contributed by atoms with E-state index in [0.717, 1.165) is 11.5 Å². The van der Waals surface area contributed by atoms with Crippen LogP contribution in [0.25, 0.3) is 0 Å². The summed E-state index contributed by atoms with van der Waals surface area (Å²) in [6, 6.07) is 5.05. The van der Waals surface area contributed by atoms with E-state index < -0.39 is 11.5 Å². The Kier molecular flexibility index (Phi) is 3.90. The number of H-pyrrole nitrogens is 1. The maximum Gasteiger partial charge on any atom is 0.343 e. The van der Waals surface area contributed by atoms with E-state index in [1.807, 2.05) is 19.1 Å². The molecule has 2 aromatic heterocycles. The molecule has 0 aromatic carbocycles. The highest BCUT2D eigenvalue weighted by molar-refractivity contribution is 6.01. The van der Waals surface area contributed by atoms with Gasteiger partial charge in [-0.3, -0.25) is 9.59 Å². The second-order valence-corrected chi connectivity index (χ2v) is 5.60. The Morgan fingerprint density at radius 1 is 1.35 bits per heavy atom. The number of hydrogen-bond donors (Lipinski definition) is 1. The van der Waals surface area contributed by atoms with Gasteiger partial charge in [0.05, 0.1) is 6.61 Å². The fraction of sp³-hybridized carbons (Fsp3) is 0.353. The van der Waals surface area contributed by atoms with Crippen molar-refractivity contribution in [2.75, 3.05) is 6.61 Å². The topological polar surface area (TPSA) is 89.4 Å².